The molecule has 0 bridgehead atoms. The maximum atomic E-state index is 10.8. The summed E-state index contributed by atoms with van der Waals surface area (Å²) in [5.41, 5.74) is 2.15. The van der Waals surface area contributed by atoms with Crippen LogP contribution in [0.5, 0.6) is 0 Å². The lowest BCUT2D eigenvalue weighted by molar-refractivity contribution is 0.0691. The van der Waals surface area contributed by atoms with Crippen LogP contribution in [-0.2, 0) is 0 Å². The van der Waals surface area contributed by atoms with Gasteiger partial charge < -0.3 is 14.5 Å². The van der Waals surface area contributed by atoms with E-state index in [0.717, 1.165) is 21.0 Å². The quantitative estimate of drug-likeness (QED) is 0.718. The Hall–Kier alpha value is -1.75. The minimum absolute atomic E-state index is 0.138. The summed E-state index contributed by atoms with van der Waals surface area (Å²) in [4.78, 5) is 13.6. The van der Waals surface area contributed by atoms with Gasteiger partial charge in [0.2, 0.25) is 0 Å². The molecule has 0 aliphatic carbocycles. The lowest BCUT2D eigenvalue weighted by Gasteiger charge is -1.90. The lowest BCUT2D eigenvalue weighted by Crippen LogP contribution is -1.94. The first kappa shape index (κ1) is 9.47. The fraction of sp³-hybridized carbons (Fsp3) is 0. The first-order chi connectivity index (χ1) is 7.65. The number of furan rings is 1. The average Bonchev–Trinajstić information content (AvgIpc) is 2.73. The summed E-state index contributed by atoms with van der Waals surface area (Å²) in [6.07, 6.45) is 0. The molecule has 0 aliphatic rings. The number of benzene rings is 1. The molecule has 0 saturated heterocycles. The highest BCUT2D eigenvalue weighted by Gasteiger charge is 2.13. The molecule has 4 nitrogen and oxygen atoms in total. The summed E-state index contributed by atoms with van der Waals surface area (Å²) in [5.74, 6) is -0.989. The molecule has 3 rings (SSSR count). The molecule has 3 aromatic rings. The van der Waals surface area contributed by atoms with Gasteiger partial charge in [-0.05, 0) is 18.2 Å². The van der Waals surface area contributed by atoms with Crippen LogP contribution in [0.15, 0.2) is 33.2 Å². The number of hydrogen-bond donors (Lipinski definition) is 2. The first-order valence-electron chi connectivity index (χ1n) is 4.59. The van der Waals surface area contributed by atoms with Crippen molar-refractivity contribution in [2.45, 2.75) is 0 Å². The number of carboxylic acids is 1. The predicted octanol–water partition coefficient (Wildman–Crippen LogP) is 3.37. The number of aromatic nitrogens is 1. The number of aromatic amines is 1. The molecule has 5 heteroatoms. The van der Waals surface area contributed by atoms with Gasteiger partial charge in [0.15, 0.2) is 5.58 Å². The summed E-state index contributed by atoms with van der Waals surface area (Å²) in [7, 11) is 0. The van der Waals surface area contributed by atoms with Gasteiger partial charge in [-0.1, -0.05) is 15.9 Å². The average molecular weight is 280 g/mol. The van der Waals surface area contributed by atoms with Crippen LogP contribution in [0.3, 0.4) is 0 Å². The fourth-order valence-electron chi connectivity index (χ4n) is 1.74. The molecule has 0 radical (unpaired) electrons. The SMILES string of the molecule is O=C(O)c1cc2oc3cc(Br)ccc3c2[nH]1. The van der Waals surface area contributed by atoms with Gasteiger partial charge in [0.1, 0.15) is 11.3 Å². The zero-order chi connectivity index (χ0) is 11.3. The highest BCUT2D eigenvalue weighted by molar-refractivity contribution is 9.10. The van der Waals surface area contributed by atoms with Crippen LogP contribution < -0.4 is 0 Å². The monoisotopic (exact) mass is 279 g/mol. The number of nitrogens with one attached hydrogen (secondary N) is 1. The number of carboxylic acid groups (broad SMARTS) is 1. The molecular formula is C11H6BrNO3. The minimum Gasteiger partial charge on any atom is -0.477 e. The van der Waals surface area contributed by atoms with Crippen molar-refractivity contribution in [3.05, 3.63) is 34.4 Å². The molecule has 0 fully saturated rings. The summed E-state index contributed by atoms with van der Waals surface area (Å²) in [6, 6.07) is 7.11. The molecule has 0 amide bonds. The van der Waals surface area contributed by atoms with E-state index in [-0.39, 0.29) is 5.69 Å². The predicted molar refractivity (Wildman–Crippen MR) is 62.7 cm³/mol. The Morgan fingerprint density at radius 2 is 2.12 bits per heavy atom. The Morgan fingerprint density at radius 1 is 1.31 bits per heavy atom. The van der Waals surface area contributed by atoms with Crippen molar-refractivity contribution < 1.29 is 14.3 Å². The van der Waals surface area contributed by atoms with Crippen molar-refractivity contribution in [3.8, 4) is 0 Å². The molecule has 0 spiro atoms. The van der Waals surface area contributed by atoms with Crippen LogP contribution in [0.1, 0.15) is 10.5 Å². The van der Waals surface area contributed by atoms with Gasteiger partial charge in [-0.3, -0.25) is 0 Å². The number of carbonyl (C=O) groups is 1. The van der Waals surface area contributed by atoms with Gasteiger partial charge >= 0.3 is 5.97 Å². The third kappa shape index (κ3) is 1.25. The molecule has 16 heavy (non-hydrogen) atoms. The smallest absolute Gasteiger partial charge is 0.352 e. The topological polar surface area (TPSA) is 66.2 Å². The van der Waals surface area contributed by atoms with Crippen molar-refractivity contribution in [2.75, 3.05) is 0 Å². The van der Waals surface area contributed by atoms with Gasteiger partial charge in [0.25, 0.3) is 0 Å². The Kier molecular flexibility index (Phi) is 1.85. The third-order valence-electron chi connectivity index (χ3n) is 2.44. The lowest BCUT2D eigenvalue weighted by atomic mass is 10.2. The molecule has 0 saturated carbocycles. The second kappa shape index (κ2) is 3.12. The standard InChI is InChI=1S/C11H6BrNO3/c12-5-1-2-6-8(3-5)16-9-4-7(11(14)15)13-10(6)9/h1-4,13H,(H,14,15). The number of rotatable bonds is 1. The van der Waals surface area contributed by atoms with Crippen LogP contribution in [-0.4, -0.2) is 16.1 Å². The van der Waals surface area contributed by atoms with Crippen molar-refractivity contribution in [1.82, 2.24) is 4.98 Å². The zero-order valence-electron chi connectivity index (χ0n) is 7.95. The first-order valence-corrected chi connectivity index (χ1v) is 5.38. The molecular weight excluding hydrogens is 274 g/mol. The van der Waals surface area contributed by atoms with Gasteiger partial charge in [-0.15, -0.1) is 0 Å². The van der Waals surface area contributed by atoms with Crippen LogP contribution in [0.2, 0.25) is 0 Å². The zero-order valence-corrected chi connectivity index (χ0v) is 9.54. The molecule has 0 atom stereocenters. The maximum absolute atomic E-state index is 10.8. The van der Waals surface area contributed by atoms with E-state index in [2.05, 4.69) is 20.9 Å². The number of aromatic carboxylic acids is 1. The van der Waals surface area contributed by atoms with E-state index in [1.807, 2.05) is 18.2 Å². The van der Waals surface area contributed by atoms with E-state index < -0.39 is 5.97 Å². The number of H-pyrrole nitrogens is 1. The Bertz CT molecular complexity index is 710. The van der Waals surface area contributed by atoms with E-state index in [0.29, 0.717) is 5.58 Å². The normalized spacial score (nSPS) is 11.3. The summed E-state index contributed by atoms with van der Waals surface area (Å²) >= 11 is 3.35. The van der Waals surface area contributed by atoms with Gasteiger partial charge in [-0.25, -0.2) is 4.79 Å². The van der Waals surface area contributed by atoms with Gasteiger partial charge in [0, 0.05) is 15.9 Å². The summed E-state index contributed by atoms with van der Waals surface area (Å²) in [6.45, 7) is 0. The molecule has 0 unspecified atom stereocenters. The Morgan fingerprint density at radius 3 is 2.88 bits per heavy atom. The highest BCUT2D eigenvalue weighted by Crippen LogP contribution is 2.30. The molecule has 0 aliphatic heterocycles. The van der Waals surface area contributed by atoms with Crippen LogP contribution in [0.4, 0.5) is 0 Å². The van der Waals surface area contributed by atoms with E-state index in [9.17, 15) is 4.79 Å². The second-order valence-electron chi connectivity index (χ2n) is 3.47. The van der Waals surface area contributed by atoms with E-state index in [1.54, 1.807) is 0 Å². The second-order valence-corrected chi connectivity index (χ2v) is 4.39. The van der Waals surface area contributed by atoms with E-state index in [4.69, 9.17) is 9.52 Å². The molecule has 2 aromatic heterocycles. The van der Waals surface area contributed by atoms with Crippen molar-refractivity contribution >= 4 is 44.0 Å². The number of halogens is 1. The summed E-state index contributed by atoms with van der Waals surface area (Å²) in [5, 5.41) is 9.72. The minimum atomic E-state index is -0.989. The van der Waals surface area contributed by atoms with Crippen molar-refractivity contribution in [1.29, 1.82) is 0 Å². The van der Waals surface area contributed by atoms with Crippen molar-refractivity contribution in [2.24, 2.45) is 0 Å². The van der Waals surface area contributed by atoms with E-state index >= 15 is 0 Å². The highest BCUT2D eigenvalue weighted by atomic mass is 79.9. The van der Waals surface area contributed by atoms with Gasteiger partial charge in [-0.2, -0.15) is 0 Å². The molecule has 2 N–H and O–H groups in total. The van der Waals surface area contributed by atoms with Crippen LogP contribution in [0.25, 0.3) is 22.1 Å². The Balaban J connectivity index is 2.38. The third-order valence-corrected chi connectivity index (χ3v) is 2.94. The van der Waals surface area contributed by atoms with Crippen molar-refractivity contribution in [3.63, 3.8) is 0 Å². The number of fused-ring (bicyclic) bond motifs is 3. The maximum Gasteiger partial charge on any atom is 0.352 e. The van der Waals surface area contributed by atoms with E-state index in [1.165, 1.54) is 6.07 Å². The van der Waals surface area contributed by atoms with Crippen LogP contribution >= 0.6 is 15.9 Å². The Labute approximate surface area is 98.0 Å². The largest absolute Gasteiger partial charge is 0.477 e. The number of hydrogen-bond acceptors (Lipinski definition) is 2. The van der Waals surface area contributed by atoms with Crippen LogP contribution in [0, 0.1) is 0 Å². The summed E-state index contributed by atoms with van der Waals surface area (Å²) < 4.78 is 6.47. The molecule has 80 valence electrons. The molecule has 1 aromatic carbocycles. The van der Waals surface area contributed by atoms with Gasteiger partial charge in [0.05, 0.1) is 5.52 Å². The molecule has 2 heterocycles. The fourth-order valence-corrected chi connectivity index (χ4v) is 2.08.